The molecule has 0 saturated carbocycles. The molecule has 0 aliphatic heterocycles. The van der Waals surface area contributed by atoms with Gasteiger partial charge in [0.15, 0.2) is 11.6 Å². The molecule has 1 heterocycles. The lowest BCUT2D eigenvalue weighted by atomic mass is 10.1. The minimum absolute atomic E-state index is 0.0484. The van der Waals surface area contributed by atoms with Gasteiger partial charge >= 0.3 is 0 Å². The van der Waals surface area contributed by atoms with Crippen molar-refractivity contribution >= 4 is 17.2 Å². The Hall–Kier alpha value is -2.15. The Morgan fingerprint density at radius 1 is 1.25 bits per heavy atom. The van der Waals surface area contributed by atoms with E-state index in [0.717, 1.165) is 18.2 Å². The number of hydrogen-bond donors (Lipinski definition) is 1. The van der Waals surface area contributed by atoms with Crippen molar-refractivity contribution in [2.45, 2.75) is 13.8 Å². The minimum Gasteiger partial charge on any atom is -0.434 e. The summed E-state index contributed by atoms with van der Waals surface area (Å²) in [6, 6.07) is 2.86. The molecule has 7 heteroatoms. The van der Waals surface area contributed by atoms with Crippen LogP contribution in [0.5, 0.6) is 11.6 Å². The Bertz CT molecular complexity index is 692. The standard InChI is InChI=1S/C13H11F2N3OS/c1-6-7(2)17-18-13(11(6)12(16)20)19-10-5-8(14)3-4-9(10)15/h3-5H,1-2H3,(H2,16,20). The summed E-state index contributed by atoms with van der Waals surface area (Å²) in [5.41, 5.74) is 7.28. The molecule has 1 aromatic carbocycles. The first-order valence-corrected chi connectivity index (χ1v) is 6.07. The molecule has 0 aliphatic carbocycles. The topological polar surface area (TPSA) is 61.0 Å². The molecular weight excluding hydrogens is 284 g/mol. The molecular formula is C13H11F2N3OS. The number of aryl methyl sites for hydroxylation is 1. The first kappa shape index (κ1) is 14.3. The van der Waals surface area contributed by atoms with Crippen LogP contribution in [0.2, 0.25) is 0 Å². The summed E-state index contributed by atoms with van der Waals surface area (Å²) in [5.74, 6) is -1.71. The van der Waals surface area contributed by atoms with E-state index in [1.807, 2.05) is 0 Å². The van der Waals surface area contributed by atoms with Crippen LogP contribution in [0, 0.1) is 25.5 Å². The van der Waals surface area contributed by atoms with E-state index in [0.29, 0.717) is 16.8 Å². The molecule has 0 aliphatic rings. The van der Waals surface area contributed by atoms with Gasteiger partial charge in [0.25, 0.3) is 0 Å². The van der Waals surface area contributed by atoms with Crippen molar-refractivity contribution in [2.24, 2.45) is 5.73 Å². The lowest BCUT2D eigenvalue weighted by Crippen LogP contribution is -2.15. The van der Waals surface area contributed by atoms with E-state index in [4.69, 9.17) is 22.7 Å². The summed E-state index contributed by atoms with van der Waals surface area (Å²) in [4.78, 5) is 0.0484. The number of aromatic nitrogens is 2. The van der Waals surface area contributed by atoms with Crippen LogP contribution < -0.4 is 10.5 Å². The highest BCUT2D eigenvalue weighted by atomic mass is 32.1. The fraction of sp³-hybridized carbons (Fsp3) is 0.154. The average Bonchev–Trinajstić information content (AvgIpc) is 2.38. The van der Waals surface area contributed by atoms with Crippen molar-refractivity contribution in [3.63, 3.8) is 0 Å². The summed E-state index contributed by atoms with van der Waals surface area (Å²) in [6.07, 6.45) is 0. The van der Waals surface area contributed by atoms with E-state index in [1.165, 1.54) is 0 Å². The van der Waals surface area contributed by atoms with Crippen molar-refractivity contribution < 1.29 is 13.5 Å². The molecule has 4 nitrogen and oxygen atoms in total. The number of thiocarbonyl (C=S) groups is 1. The molecule has 0 bridgehead atoms. The maximum Gasteiger partial charge on any atom is 0.249 e. The summed E-state index contributed by atoms with van der Waals surface area (Å²) in [6.45, 7) is 3.48. The highest BCUT2D eigenvalue weighted by Gasteiger charge is 2.17. The monoisotopic (exact) mass is 295 g/mol. The van der Waals surface area contributed by atoms with Gasteiger partial charge < -0.3 is 10.5 Å². The zero-order valence-corrected chi connectivity index (χ0v) is 11.6. The van der Waals surface area contributed by atoms with Crippen LogP contribution in [-0.4, -0.2) is 15.2 Å². The highest BCUT2D eigenvalue weighted by molar-refractivity contribution is 7.80. The molecule has 2 N–H and O–H groups in total. The van der Waals surface area contributed by atoms with E-state index >= 15 is 0 Å². The lowest BCUT2D eigenvalue weighted by Gasteiger charge is -2.12. The van der Waals surface area contributed by atoms with Crippen LogP contribution in [-0.2, 0) is 0 Å². The van der Waals surface area contributed by atoms with Gasteiger partial charge in [-0.25, -0.2) is 8.78 Å². The fourth-order valence-corrected chi connectivity index (χ4v) is 1.85. The molecule has 104 valence electrons. The number of nitrogens with two attached hydrogens (primary N) is 1. The number of rotatable bonds is 3. The molecule has 0 spiro atoms. The van der Waals surface area contributed by atoms with Gasteiger partial charge in [-0.1, -0.05) is 12.2 Å². The van der Waals surface area contributed by atoms with E-state index < -0.39 is 11.6 Å². The quantitative estimate of drug-likeness (QED) is 0.882. The number of nitrogens with zero attached hydrogens (tertiary/aromatic N) is 2. The number of halogens is 2. The number of hydrogen-bond acceptors (Lipinski definition) is 4. The number of ether oxygens (including phenoxy) is 1. The van der Waals surface area contributed by atoms with Crippen LogP contribution in [0.1, 0.15) is 16.8 Å². The third-order valence-corrected chi connectivity index (χ3v) is 2.97. The summed E-state index contributed by atoms with van der Waals surface area (Å²) in [5, 5.41) is 7.66. The largest absolute Gasteiger partial charge is 0.434 e. The minimum atomic E-state index is -0.722. The van der Waals surface area contributed by atoms with Gasteiger partial charge in [-0.2, -0.15) is 5.10 Å². The van der Waals surface area contributed by atoms with E-state index in [9.17, 15) is 8.78 Å². The fourth-order valence-electron chi connectivity index (χ4n) is 1.61. The second-order valence-corrected chi connectivity index (χ2v) is 4.57. The highest BCUT2D eigenvalue weighted by Crippen LogP contribution is 2.28. The molecule has 20 heavy (non-hydrogen) atoms. The predicted molar refractivity (Wildman–Crippen MR) is 73.8 cm³/mol. The Kier molecular flexibility index (Phi) is 3.89. The first-order valence-electron chi connectivity index (χ1n) is 5.66. The second kappa shape index (κ2) is 5.46. The maximum absolute atomic E-state index is 13.6. The van der Waals surface area contributed by atoms with Gasteiger partial charge in [-0.3, -0.25) is 0 Å². The van der Waals surface area contributed by atoms with Gasteiger partial charge in [0.2, 0.25) is 5.88 Å². The molecule has 0 fully saturated rings. The van der Waals surface area contributed by atoms with Crippen LogP contribution in [0.15, 0.2) is 18.2 Å². The zero-order valence-electron chi connectivity index (χ0n) is 10.8. The zero-order chi connectivity index (χ0) is 14.9. The van der Waals surface area contributed by atoms with Crippen LogP contribution in [0.4, 0.5) is 8.78 Å². The molecule has 2 rings (SSSR count). The van der Waals surface area contributed by atoms with Crippen molar-refractivity contribution in [3.05, 3.63) is 46.7 Å². The van der Waals surface area contributed by atoms with Gasteiger partial charge in [-0.05, 0) is 31.5 Å². The van der Waals surface area contributed by atoms with Crippen molar-refractivity contribution in [3.8, 4) is 11.6 Å². The summed E-state index contributed by atoms with van der Waals surface area (Å²) >= 11 is 4.93. The SMILES string of the molecule is Cc1nnc(Oc2cc(F)ccc2F)c(C(N)=S)c1C. The van der Waals surface area contributed by atoms with Gasteiger partial charge in [0.1, 0.15) is 10.8 Å². The van der Waals surface area contributed by atoms with Gasteiger partial charge in [0.05, 0.1) is 11.3 Å². The van der Waals surface area contributed by atoms with Crippen LogP contribution in [0.3, 0.4) is 0 Å². The third kappa shape index (κ3) is 2.72. The Morgan fingerprint density at radius 3 is 2.60 bits per heavy atom. The third-order valence-electron chi connectivity index (χ3n) is 2.77. The van der Waals surface area contributed by atoms with Crippen molar-refractivity contribution in [1.82, 2.24) is 10.2 Å². The second-order valence-electron chi connectivity index (χ2n) is 4.13. The Balaban J connectivity index is 2.51. The predicted octanol–water partition coefficient (Wildman–Crippen LogP) is 2.80. The van der Waals surface area contributed by atoms with Crippen LogP contribution >= 0.6 is 12.2 Å². The lowest BCUT2D eigenvalue weighted by molar-refractivity contribution is 0.415. The first-order chi connectivity index (χ1) is 9.40. The molecule has 0 atom stereocenters. The molecule has 0 saturated heterocycles. The van der Waals surface area contributed by atoms with Gasteiger partial charge in [-0.15, -0.1) is 5.10 Å². The van der Waals surface area contributed by atoms with Crippen molar-refractivity contribution in [1.29, 1.82) is 0 Å². The molecule has 0 amide bonds. The maximum atomic E-state index is 13.6. The average molecular weight is 295 g/mol. The Labute approximate surface area is 119 Å². The van der Waals surface area contributed by atoms with E-state index in [1.54, 1.807) is 13.8 Å². The van der Waals surface area contributed by atoms with E-state index in [2.05, 4.69) is 10.2 Å². The summed E-state index contributed by atoms with van der Waals surface area (Å²) < 4.78 is 31.9. The Morgan fingerprint density at radius 2 is 1.95 bits per heavy atom. The molecule has 2 aromatic rings. The molecule has 1 aromatic heterocycles. The summed E-state index contributed by atoms with van der Waals surface area (Å²) in [7, 11) is 0. The normalized spacial score (nSPS) is 10.4. The van der Waals surface area contributed by atoms with Gasteiger partial charge in [0, 0.05) is 6.07 Å². The molecule has 0 radical (unpaired) electrons. The molecule has 0 unspecified atom stereocenters. The van der Waals surface area contributed by atoms with Crippen molar-refractivity contribution in [2.75, 3.05) is 0 Å². The smallest absolute Gasteiger partial charge is 0.249 e. The van der Waals surface area contributed by atoms with Crippen LogP contribution in [0.25, 0.3) is 0 Å². The number of benzene rings is 1. The van der Waals surface area contributed by atoms with E-state index in [-0.39, 0.29) is 16.6 Å².